The first-order valence-electron chi connectivity index (χ1n) is 6.89. The van der Waals surface area contributed by atoms with Gasteiger partial charge in [0.15, 0.2) is 0 Å². The van der Waals surface area contributed by atoms with Gasteiger partial charge in [-0.1, -0.05) is 6.92 Å². The molecule has 7 nitrogen and oxygen atoms in total. The van der Waals surface area contributed by atoms with Crippen LogP contribution in [0.15, 0.2) is 12.4 Å². The second-order valence-electron chi connectivity index (χ2n) is 5.26. The van der Waals surface area contributed by atoms with Crippen LogP contribution in [0.4, 0.5) is 5.69 Å². The lowest BCUT2D eigenvalue weighted by atomic mass is 9.77. The summed E-state index contributed by atoms with van der Waals surface area (Å²) in [7, 11) is 0. The number of nitrogens with two attached hydrogens (primary N) is 1. The van der Waals surface area contributed by atoms with Crippen molar-refractivity contribution in [2.24, 2.45) is 11.1 Å². The first-order chi connectivity index (χ1) is 9.55. The summed E-state index contributed by atoms with van der Waals surface area (Å²) in [5.41, 5.74) is 5.33. The van der Waals surface area contributed by atoms with Crippen molar-refractivity contribution < 1.29 is 9.59 Å². The minimum Gasteiger partial charge on any atom is -0.368 e. The lowest BCUT2D eigenvalue weighted by Crippen LogP contribution is -2.47. The first kappa shape index (κ1) is 14.5. The summed E-state index contributed by atoms with van der Waals surface area (Å²) in [4.78, 5) is 23.3. The highest BCUT2D eigenvalue weighted by Gasteiger charge is 2.37. The number of rotatable bonds is 5. The van der Waals surface area contributed by atoms with Crippen molar-refractivity contribution in [2.45, 2.75) is 32.7 Å². The highest BCUT2D eigenvalue weighted by atomic mass is 16.2. The Bertz CT molecular complexity index is 491. The number of nitrogens with zero attached hydrogens (tertiary/aromatic N) is 2. The van der Waals surface area contributed by atoms with E-state index in [1.807, 2.05) is 6.92 Å². The third-order valence-corrected chi connectivity index (χ3v) is 3.84. The highest BCUT2D eigenvalue weighted by molar-refractivity contribution is 5.95. The number of carbonyl (C=O) groups is 2. The highest BCUT2D eigenvalue weighted by Crippen LogP contribution is 2.31. The fourth-order valence-electron chi connectivity index (χ4n) is 2.56. The SMILES string of the molecule is CCC1(C(=O)Nc2cnn(CC(N)=O)c2)CCCNC1. The average Bonchev–Trinajstić information content (AvgIpc) is 2.85. The molecule has 0 aliphatic carbocycles. The Morgan fingerprint density at radius 1 is 1.60 bits per heavy atom. The molecule has 1 atom stereocenters. The Labute approximate surface area is 117 Å². The van der Waals surface area contributed by atoms with E-state index in [-0.39, 0.29) is 17.9 Å². The molecule has 20 heavy (non-hydrogen) atoms. The monoisotopic (exact) mass is 279 g/mol. The number of aromatic nitrogens is 2. The Balaban J connectivity index is 2.02. The van der Waals surface area contributed by atoms with E-state index >= 15 is 0 Å². The van der Waals surface area contributed by atoms with Crippen molar-refractivity contribution in [2.75, 3.05) is 18.4 Å². The van der Waals surface area contributed by atoms with Gasteiger partial charge in [0, 0.05) is 12.7 Å². The zero-order chi connectivity index (χ0) is 14.6. The van der Waals surface area contributed by atoms with Gasteiger partial charge in [-0.25, -0.2) is 0 Å². The molecule has 1 saturated heterocycles. The van der Waals surface area contributed by atoms with Crippen molar-refractivity contribution in [1.82, 2.24) is 15.1 Å². The molecular formula is C13H21N5O2. The third kappa shape index (κ3) is 3.16. The molecule has 1 aromatic heterocycles. The molecule has 2 heterocycles. The normalized spacial score (nSPS) is 22.4. The lowest BCUT2D eigenvalue weighted by molar-refractivity contribution is -0.126. The molecule has 0 spiro atoms. The van der Waals surface area contributed by atoms with Crippen LogP contribution in [0.3, 0.4) is 0 Å². The van der Waals surface area contributed by atoms with Crippen LogP contribution in [0.5, 0.6) is 0 Å². The number of piperidine rings is 1. The smallest absolute Gasteiger partial charge is 0.239 e. The molecule has 0 aromatic carbocycles. The fourth-order valence-corrected chi connectivity index (χ4v) is 2.56. The molecular weight excluding hydrogens is 258 g/mol. The quantitative estimate of drug-likeness (QED) is 0.710. The summed E-state index contributed by atoms with van der Waals surface area (Å²) in [5, 5.41) is 10.2. The summed E-state index contributed by atoms with van der Waals surface area (Å²) in [5.74, 6) is -0.460. The molecule has 0 radical (unpaired) electrons. The third-order valence-electron chi connectivity index (χ3n) is 3.84. The van der Waals surface area contributed by atoms with E-state index in [2.05, 4.69) is 15.7 Å². The number of nitrogens with one attached hydrogen (secondary N) is 2. The summed E-state index contributed by atoms with van der Waals surface area (Å²) in [6, 6.07) is 0. The average molecular weight is 279 g/mol. The van der Waals surface area contributed by atoms with Crippen LogP contribution in [0.25, 0.3) is 0 Å². The Kier molecular flexibility index (Phi) is 4.39. The van der Waals surface area contributed by atoms with Gasteiger partial charge in [0.1, 0.15) is 6.54 Å². The van der Waals surface area contributed by atoms with E-state index in [9.17, 15) is 9.59 Å². The molecule has 2 amide bonds. The first-order valence-corrected chi connectivity index (χ1v) is 6.89. The molecule has 1 aliphatic rings. The van der Waals surface area contributed by atoms with Crippen LogP contribution >= 0.6 is 0 Å². The molecule has 4 N–H and O–H groups in total. The van der Waals surface area contributed by atoms with Crippen LogP contribution in [0.2, 0.25) is 0 Å². The number of primary amides is 1. The topological polar surface area (TPSA) is 102 Å². The van der Waals surface area contributed by atoms with Gasteiger partial charge in [0.05, 0.1) is 17.3 Å². The predicted octanol–water partition coefficient (Wildman–Crippen LogP) is 0.0867. The Morgan fingerprint density at radius 3 is 3.00 bits per heavy atom. The molecule has 1 fully saturated rings. The van der Waals surface area contributed by atoms with E-state index in [1.165, 1.54) is 10.9 Å². The molecule has 1 aliphatic heterocycles. The number of carbonyl (C=O) groups excluding carboxylic acids is 2. The molecule has 1 unspecified atom stereocenters. The van der Waals surface area contributed by atoms with Gasteiger partial charge in [-0.3, -0.25) is 14.3 Å². The van der Waals surface area contributed by atoms with E-state index < -0.39 is 5.91 Å². The number of hydrogen-bond donors (Lipinski definition) is 3. The standard InChI is InChI=1S/C13H21N5O2/c1-2-13(4-3-5-15-9-13)12(20)17-10-6-16-18(7-10)8-11(14)19/h6-7,15H,2-5,8-9H2,1H3,(H2,14,19)(H,17,20). The van der Waals surface area contributed by atoms with E-state index in [0.29, 0.717) is 12.2 Å². The van der Waals surface area contributed by atoms with Crippen LogP contribution < -0.4 is 16.4 Å². The van der Waals surface area contributed by atoms with Crippen molar-refractivity contribution in [1.29, 1.82) is 0 Å². The molecule has 0 saturated carbocycles. The fraction of sp³-hybridized carbons (Fsp3) is 0.615. The molecule has 0 bridgehead atoms. The van der Waals surface area contributed by atoms with Crippen molar-refractivity contribution in [3.63, 3.8) is 0 Å². The van der Waals surface area contributed by atoms with Crippen LogP contribution in [-0.4, -0.2) is 34.7 Å². The molecule has 1 aromatic rings. The molecule has 2 rings (SSSR count). The van der Waals surface area contributed by atoms with E-state index in [1.54, 1.807) is 6.20 Å². The summed E-state index contributed by atoms with van der Waals surface area (Å²) in [6.45, 7) is 3.70. The molecule has 7 heteroatoms. The summed E-state index contributed by atoms with van der Waals surface area (Å²) in [6.07, 6.45) is 5.82. The zero-order valence-corrected chi connectivity index (χ0v) is 11.7. The summed E-state index contributed by atoms with van der Waals surface area (Å²) < 4.78 is 1.41. The predicted molar refractivity (Wildman–Crippen MR) is 74.9 cm³/mol. The summed E-state index contributed by atoms with van der Waals surface area (Å²) >= 11 is 0. The molecule has 110 valence electrons. The zero-order valence-electron chi connectivity index (χ0n) is 11.7. The van der Waals surface area contributed by atoms with Gasteiger partial charge in [0.2, 0.25) is 11.8 Å². The minimum atomic E-state index is -0.465. The Morgan fingerprint density at radius 2 is 2.40 bits per heavy atom. The van der Waals surface area contributed by atoms with Crippen LogP contribution in [0, 0.1) is 5.41 Å². The van der Waals surface area contributed by atoms with Crippen molar-refractivity contribution in [3.8, 4) is 0 Å². The Hall–Kier alpha value is -1.89. The maximum atomic E-state index is 12.5. The second kappa shape index (κ2) is 6.04. The van der Waals surface area contributed by atoms with Gasteiger partial charge in [-0.2, -0.15) is 5.10 Å². The second-order valence-corrected chi connectivity index (χ2v) is 5.26. The van der Waals surface area contributed by atoms with E-state index in [0.717, 1.165) is 25.8 Å². The maximum absolute atomic E-state index is 12.5. The number of anilines is 1. The van der Waals surface area contributed by atoms with Gasteiger partial charge in [-0.15, -0.1) is 0 Å². The van der Waals surface area contributed by atoms with Crippen molar-refractivity contribution in [3.05, 3.63) is 12.4 Å². The maximum Gasteiger partial charge on any atom is 0.239 e. The number of amides is 2. The van der Waals surface area contributed by atoms with Gasteiger partial charge in [0.25, 0.3) is 0 Å². The van der Waals surface area contributed by atoms with Gasteiger partial charge in [-0.05, 0) is 25.8 Å². The van der Waals surface area contributed by atoms with Gasteiger partial charge < -0.3 is 16.4 Å². The van der Waals surface area contributed by atoms with Crippen molar-refractivity contribution >= 4 is 17.5 Å². The lowest BCUT2D eigenvalue weighted by Gasteiger charge is -2.35. The number of hydrogen-bond acceptors (Lipinski definition) is 4. The van der Waals surface area contributed by atoms with E-state index in [4.69, 9.17) is 5.73 Å². The van der Waals surface area contributed by atoms with Crippen LogP contribution in [0.1, 0.15) is 26.2 Å². The van der Waals surface area contributed by atoms with Gasteiger partial charge >= 0.3 is 0 Å². The van der Waals surface area contributed by atoms with Crippen LogP contribution in [-0.2, 0) is 16.1 Å². The largest absolute Gasteiger partial charge is 0.368 e. The minimum absolute atomic E-state index is 0.00539.